The minimum Gasteiger partial charge on any atom is -0.384 e. The van der Waals surface area contributed by atoms with Crippen LogP contribution in [0.2, 0.25) is 0 Å². The van der Waals surface area contributed by atoms with E-state index in [4.69, 9.17) is 5.73 Å². The topological polar surface area (TPSA) is 89.4 Å². The number of rotatable bonds is 4. The van der Waals surface area contributed by atoms with E-state index in [1.807, 2.05) is 6.07 Å². The normalized spacial score (nSPS) is 16.7. The quantitative estimate of drug-likeness (QED) is 0.431. The molecule has 0 saturated carbocycles. The highest BCUT2D eigenvalue weighted by atomic mass is 16.6. The lowest BCUT2D eigenvalue weighted by atomic mass is 9.96. The zero-order chi connectivity index (χ0) is 11.5. The molecule has 0 spiro atoms. The predicted octanol–water partition coefficient (Wildman–Crippen LogP) is 0.542. The maximum atomic E-state index is 10.8. The Morgan fingerprint density at radius 3 is 2.47 bits per heavy atom. The van der Waals surface area contributed by atoms with Crippen LogP contribution >= 0.6 is 0 Å². The SMILES string of the molecule is CC(O)[C@](N)(Cc1ccccc1)[N+](=O)[O-]. The number of hydrogen-bond donors (Lipinski definition) is 2. The van der Waals surface area contributed by atoms with E-state index >= 15 is 0 Å². The Morgan fingerprint density at radius 2 is 2.07 bits per heavy atom. The van der Waals surface area contributed by atoms with Crippen molar-refractivity contribution in [1.82, 2.24) is 0 Å². The number of benzene rings is 1. The molecule has 15 heavy (non-hydrogen) atoms. The van der Waals surface area contributed by atoms with Crippen molar-refractivity contribution in [3.63, 3.8) is 0 Å². The van der Waals surface area contributed by atoms with Gasteiger partial charge in [0.15, 0.2) is 0 Å². The number of hydrogen-bond acceptors (Lipinski definition) is 4. The van der Waals surface area contributed by atoms with E-state index in [0.717, 1.165) is 5.56 Å². The summed E-state index contributed by atoms with van der Waals surface area (Å²) in [4.78, 5) is 10.2. The van der Waals surface area contributed by atoms with E-state index in [9.17, 15) is 15.2 Å². The van der Waals surface area contributed by atoms with Crippen LogP contribution in [0, 0.1) is 10.1 Å². The first-order chi connectivity index (χ1) is 6.97. The first kappa shape index (κ1) is 11.6. The third-order valence-electron chi connectivity index (χ3n) is 2.39. The average molecular weight is 210 g/mol. The second-order valence-electron chi connectivity index (χ2n) is 3.59. The molecule has 0 fully saturated rings. The molecule has 3 N–H and O–H groups in total. The first-order valence-corrected chi connectivity index (χ1v) is 4.62. The predicted molar refractivity (Wildman–Crippen MR) is 55.7 cm³/mol. The molecule has 0 aliphatic carbocycles. The minimum absolute atomic E-state index is 0.0124. The Morgan fingerprint density at radius 1 is 1.53 bits per heavy atom. The van der Waals surface area contributed by atoms with Crippen LogP contribution in [0.1, 0.15) is 12.5 Å². The Bertz CT molecular complexity index is 340. The summed E-state index contributed by atoms with van der Waals surface area (Å²) in [5.74, 6) is 0. The standard InChI is InChI=1S/C10H14N2O3/c1-8(13)10(11,12(14)15)7-9-5-3-2-4-6-9/h2-6,8,13H,7,11H2,1H3/t8?,10-/m0/s1. The molecule has 0 aromatic heterocycles. The van der Waals surface area contributed by atoms with Gasteiger partial charge in [0.2, 0.25) is 0 Å². The van der Waals surface area contributed by atoms with Crippen LogP contribution in [0.5, 0.6) is 0 Å². The van der Waals surface area contributed by atoms with Crippen LogP contribution in [0.3, 0.4) is 0 Å². The van der Waals surface area contributed by atoms with E-state index in [2.05, 4.69) is 0 Å². The lowest BCUT2D eigenvalue weighted by Gasteiger charge is -2.23. The van der Waals surface area contributed by atoms with Crippen LogP contribution in [0.15, 0.2) is 30.3 Å². The summed E-state index contributed by atoms with van der Waals surface area (Å²) in [6.45, 7) is 1.33. The fourth-order valence-corrected chi connectivity index (χ4v) is 1.29. The van der Waals surface area contributed by atoms with Crippen molar-refractivity contribution in [2.45, 2.75) is 25.1 Å². The molecular formula is C10H14N2O3. The Hall–Kier alpha value is -1.46. The lowest BCUT2D eigenvalue weighted by molar-refractivity contribution is -0.581. The van der Waals surface area contributed by atoms with Gasteiger partial charge >= 0.3 is 5.66 Å². The van der Waals surface area contributed by atoms with Gasteiger partial charge in [-0.1, -0.05) is 30.3 Å². The van der Waals surface area contributed by atoms with E-state index in [1.165, 1.54) is 6.92 Å². The molecule has 5 heteroatoms. The van der Waals surface area contributed by atoms with Gasteiger partial charge in [-0.05, 0) is 12.5 Å². The van der Waals surface area contributed by atoms with Crippen molar-refractivity contribution >= 4 is 0 Å². The molecule has 1 unspecified atom stereocenters. The monoisotopic (exact) mass is 210 g/mol. The molecule has 0 bridgehead atoms. The number of nitro groups is 1. The summed E-state index contributed by atoms with van der Waals surface area (Å²) in [5.41, 5.74) is 4.48. The Labute approximate surface area is 87.7 Å². The van der Waals surface area contributed by atoms with Crippen LogP contribution < -0.4 is 5.73 Å². The van der Waals surface area contributed by atoms with Crippen molar-refractivity contribution in [1.29, 1.82) is 0 Å². The zero-order valence-electron chi connectivity index (χ0n) is 8.46. The van der Waals surface area contributed by atoms with Crippen molar-refractivity contribution in [3.8, 4) is 0 Å². The van der Waals surface area contributed by atoms with Gasteiger partial charge in [0.05, 0.1) is 6.42 Å². The highest BCUT2D eigenvalue weighted by molar-refractivity contribution is 5.17. The molecule has 0 heterocycles. The van der Waals surface area contributed by atoms with Gasteiger partial charge in [0, 0.05) is 4.92 Å². The van der Waals surface area contributed by atoms with E-state index in [-0.39, 0.29) is 6.42 Å². The number of aliphatic hydroxyl groups excluding tert-OH is 1. The van der Waals surface area contributed by atoms with Crippen molar-refractivity contribution < 1.29 is 10.0 Å². The van der Waals surface area contributed by atoms with Crippen molar-refractivity contribution in [3.05, 3.63) is 46.0 Å². The average Bonchev–Trinajstić information content (AvgIpc) is 2.18. The molecule has 1 aromatic rings. The van der Waals surface area contributed by atoms with E-state index in [1.54, 1.807) is 24.3 Å². The Kier molecular flexibility index (Phi) is 3.39. The highest BCUT2D eigenvalue weighted by Crippen LogP contribution is 2.15. The third-order valence-corrected chi connectivity index (χ3v) is 2.39. The molecule has 0 saturated heterocycles. The van der Waals surface area contributed by atoms with Gasteiger partial charge in [-0.2, -0.15) is 0 Å². The molecule has 5 nitrogen and oxygen atoms in total. The van der Waals surface area contributed by atoms with Gasteiger partial charge < -0.3 is 5.11 Å². The van der Waals surface area contributed by atoms with Crippen LogP contribution in [0.25, 0.3) is 0 Å². The first-order valence-electron chi connectivity index (χ1n) is 4.62. The fourth-order valence-electron chi connectivity index (χ4n) is 1.29. The van der Waals surface area contributed by atoms with Gasteiger partial charge in [-0.3, -0.25) is 15.8 Å². The van der Waals surface area contributed by atoms with Gasteiger partial charge in [0.25, 0.3) is 0 Å². The zero-order valence-corrected chi connectivity index (χ0v) is 8.46. The second-order valence-corrected chi connectivity index (χ2v) is 3.59. The summed E-state index contributed by atoms with van der Waals surface area (Å²) >= 11 is 0. The largest absolute Gasteiger partial charge is 0.384 e. The van der Waals surface area contributed by atoms with Gasteiger partial charge in [-0.15, -0.1) is 0 Å². The second kappa shape index (κ2) is 4.37. The molecule has 2 atom stereocenters. The molecule has 0 aliphatic rings. The molecule has 1 aromatic carbocycles. The van der Waals surface area contributed by atoms with Gasteiger partial charge in [0.1, 0.15) is 6.10 Å². The third kappa shape index (κ3) is 2.51. The molecule has 0 radical (unpaired) electrons. The van der Waals surface area contributed by atoms with Crippen LogP contribution in [-0.4, -0.2) is 21.8 Å². The fraction of sp³-hybridized carbons (Fsp3) is 0.400. The molecular weight excluding hydrogens is 196 g/mol. The summed E-state index contributed by atoms with van der Waals surface area (Å²) in [6.07, 6.45) is -1.19. The maximum absolute atomic E-state index is 10.8. The molecule has 0 aliphatic heterocycles. The Balaban J connectivity index is 2.90. The van der Waals surface area contributed by atoms with E-state index in [0.29, 0.717) is 0 Å². The minimum atomic E-state index is -1.82. The van der Waals surface area contributed by atoms with Gasteiger partial charge in [-0.25, -0.2) is 0 Å². The van der Waals surface area contributed by atoms with Crippen LogP contribution in [0.4, 0.5) is 0 Å². The number of aliphatic hydroxyl groups is 1. The number of nitrogens with zero attached hydrogens (tertiary/aromatic N) is 1. The van der Waals surface area contributed by atoms with E-state index < -0.39 is 16.7 Å². The van der Waals surface area contributed by atoms with Crippen molar-refractivity contribution in [2.75, 3.05) is 0 Å². The number of nitrogens with two attached hydrogens (primary N) is 1. The molecule has 82 valence electrons. The summed E-state index contributed by atoms with van der Waals surface area (Å²) in [7, 11) is 0. The molecule has 1 rings (SSSR count). The smallest absolute Gasteiger partial charge is 0.302 e. The lowest BCUT2D eigenvalue weighted by Crippen LogP contribution is -2.57. The summed E-state index contributed by atoms with van der Waals surface area (Å²) in [6, 6.07) is 8.85. The molecule has 0 amide bonds. The highest BCUT2D eigenvalue weighted by Gasteiger charge is 2.43. The summed E-state index contributed by atoms with van der Waals surface area (Å²) < 4.78 is 0. The maximum Gasteiger partial charge on any atom is 0.302 e. The van der Waals surface area contributed by atoms with Crippen molar-refractivity contribution in [2.24, 2.45) is 5.73 Å². The summed E-state index contributed by atoms with van der Waals surface area (Å²) in [5, 5.41) is 20.1. The van der Waals surface area contributed by atoms with Crippen LogP contribution in [-0.2, 0) is 6.42 Å².